The lowest BCUT2D eigenvalue weighted by molar-refractivity contribution is -0.385. The molecule has 0 aliphatic carbocycles. The van der Waals surface area contributed by atoms with Gasteiger partial charge in [0, 0.05) is 6.07 Å². The molecule has 96 valence electrons. The third kappa shape index (κ3) is 2.44. The summed E-state index contributed by atoms with van der Waals surface area (Å²) in [4.78, 5) is 22.7. The van der Waals surface area contributed by atoms with Crippen molar-refractivity contribution >= 4 is 11.5 Å². The Balaban J connectivity index is 2.53. The summed E-state index contributed by atoms with van der Waals surface area (Å²) in [6.07, 6.45) is 0. The summed E-state index contributed by atoms with van der Waals surface area (Å²) in [5.41, 5.74) is 0.148. The van der Waals surface area contributed by atoms with Gasteiger partial charge in [0.1, 0.15) is 11.3 Å². The van der Waals surface area contributed by atoms with Crippen LogP contribution in [0.1, 0.15) is 15.9 Å². The first kappa shape index (κ1) is 12.8. The first-order valence-electron chi connectivity index (χ1n) is 5.56. The zero-order valence-corrected chi connectivity index (χ0v) is 10.2. The Morgan fingerprint density at radius 1 is 1.05 bits per heavy atom. The van der Waals surface area contributed by atoms with Crippen molar-refractivity contribution in [3.8, 4) is 5.75 Å². The van der Waals surface area contributed by atoms with Gasteiger partial charge in [0.05, 0.1) is 17.6 Å². The fourth-order valence-corrected chi connectivity index (χ4v) is 1.80. The Bertz CT molecular complexity index is 637. The SMILES string of the molecule is COc1ccccc1C(=O)c1ccccc1[N+](=O)[O-]. The minimum atomic E-state index is -0.567. The van der Waals surface area contributed by atoms with E-state index < -0.39 is 10.7 Å². The maximum absolute atomic E-state index is 12.4. The number of ether oxygens (including phenoxy) is 1. The molecule has 0 aliphatic heterocycles. The van der Waals surface area contributed by atoms with Crippen LogP contribution in [-0.4, -0.2) is 17.8 Å². The Hall–Kier alpha value is -2.69. The van der Waals surface area contributed by atoms with Crippen LogP contribution in [0.25, 0.3) is 0 Å². The van der Waals surface area contributed by atoms with E-state index in [4.69, 9.17) is 4.74 Å². The van der Waals surface area contributed by atoms with Gasteiger partial charge >= 0.3 is 0 Å². The zero-order chi connectivity index (χ0) is 13.8. The van der Waals surface area contributed by atoms with Crippen LogP contribution in [0.3, 0.4) is 0 Å². The highest BCUT2D eigenvalue weighted by molar-refractivity contribution is 6.13. The number of hydrogen-bond donors (Lipinski definition) is 0. The van der Waals surface area contributed by atoms with Gasteiger partial charge in [0.2, 0.25) is 5.78 Å². The summed E-state index contributed by atoms with van der Waals surface area (Å²) < 4.78 is 5.10. The molecule has 5 heteroatoms. The zero-order valence-electron chi connectivity index (χ0n) is 10.2. The largest absolute Gasteiger partial charge is 0.496 e. The average Bonchev–Trinajstić information content (AvgIpc) is 2.46. The standard InChI is InChI=1S/C14H11NO4/c1-19-13-9-5-3-7-11(13)14(16)10-6-2-4-8-12(10)15(17)18/h2-9H,1H3. The number of nitro benzene ring substituents is 1. The minimum absolute atomic E-state index is 0.0528. The van der Waals surface area contributed by atoms with E-state index >= 15 is 0 Å². The van der Waals surface area contributed by atoms with Crippen molar-refractivity contribution in [3.63, 3.8) is 0 Å². The van der Waals surface area contributed by atoms with E-state index in [2.05, 4.69) is 0 Å². The van der Waals surface area contributed by atoms with Crippen molar-refractivity contribution in [1.29, 1.82) is 0 Å². The van der Waals surface area contributed by atoms with Crippen molar-refractivity contribution in [2.75, 3.05) is 7.11 Å². The van der Waals surface area contributed by atoms with Crippen LogP contribution >= 0.6 is 0 Å². The Labute approximate surface area is 109 Å². The second kappa shape index (κ2) is 5.30. The molecule has 19 heavy (non-hydrogen) atoms. The van der Waals surface area contributed by atoms with Crippen molar-refractivity contribution in [2.24, 2.45) is 0 Å². The molecule has 0 fully saturated rings. The van der Waals surface area contributed by atoms with Crippen molar-refractivity contribution in [2.45, 2.75) is 0 Å². The van der Waals surface area contributed by atoms with Crippen molar-refractivity contribution in [3.05, 3.63) is 69.8 Å². The number of carbonyl (C=O) groups excluding carboxylic acids is 1. The number of methoxy groups -OCH3 is 1. The maximum atomic E-state index is 12.4. The number of carbonyl (C=O) groups is 1. The predicted molar refractivity (Wildman–Crippen MR) is 69.5 cm³/mol. The van der Waals surface area contributed by atoms with Gasteiger partial charge in [-0.25, -0.2) is 0 Å². The molecule has 0 spiro atoms. The molecule has 0 aliphatic rings. The van der Waals surface area contributed by atoms with E-state index in [1.807, 2.05) is 0 Å². The number of nitro groups is 1. The van der Waals surface area contributed by atoms with E-state index in [1.165, 1.54) is 25.3 Å². The number of hydrogen-bond acceptors (Lipinski definition) is 4. The van der Waals surface area contributed by atoms with Gasteiger partial charge in [-0.3, -0.25) is 14.9 Å². The molecule has 2 rings (SSSR count). The molecule has 0 unspecified atom stereocenters. The van der Waals surface area contributed by atoms with Gasteiger partial charge in [-0.2, -0.15) is 0 Å². The van der Waals surface area contributed by atoms with Crippen molar-refractivity contribution < 1.29 is 14.5 Å². The summed E-state index contributed by atoms with van der Waals surface area (Å²) in [6.45, 7) is 0. The lowest BCUT2D eigenvalue weighted by atomic mass is 10.0. The van der Waals surface area contributed by atoms with Crippen LogP contribution in [0.4, 0.5) is 5.69 Å². The number of nitrogens with zero attached hydrogens (tertiary/aromatic N) is 1. The normalized spacial score (nSPS) is 9.95. The van der Waals surface area contributed by atoms with Gasteiger partial charge in [-0.1, -0.05) is 24.3 Å². The molecule has 0 amide bonds. The van der Waals surface area contributed by atoms with Gasteiger partial charge in [0.25, 0.3) is 5.69 Å². The smallest absolute Gasteiger partial charge is 0.280 e. The topological polar surface area (TPSA) is 69.4 Å². The fraction of sp³-hybridized carbons (Fsp3) is 0.0714. The lowest BCUT2D eigenvalue weighted by Crippen LogP contribution is -2.06. The molecule has 0 saturated carbocycles. The van der Waals surface area contributed by atoms with Crippen LogP contribution in [0.2, 0.25) is 0 Å². The van der Waals surface area contributed by atoms with Gasteiger partial charge in [-0.15, -0.1) is 0 Å². The second-order valence-electron chi connectivity index (χ2n) is 3.80. The van der Waals surface area contributed by atoms with E-state index in [9.17, 15) is 14.9 Å². The molecule has 0 N–H and O–H groups in total. The Kier molecular flexibility index (Phi) is 3.56. The van der Waals surface area contributed by atoms with E-state index in [0.717, 1.165) is 0 Å². The molecule has 5 nitrogen and oxygen atoms in total. The summed E-state index contributed by atoms with van der Waals surface area (Å²) in [6, 6.07) is 12.5. The number of ketones is 1. The molecule has 0 heterocycles. The molecule has 0 atom stereocenters. The molecule has 2 aromatic carbocycles. The first-order valence-corrected chi connectivity index (χ1v) is 5.56. The third-order valence-electron chi connectivity index (χ3n) is 2.70. The van der Waals surface area contributed by atoms with Crippen LogP contribution < -0.4 is 4.74 Å². The number of para-hydroxylation sites is 2. The number of rotatable bonds is 4. The highest BCUT2D eigenvalue weighted by atomic mass is 16.6. The van der Waals surface area contributed by atoms with Crippen LogP contribution in [0, 0.1) is 10.1 Å². The highest BCUT2D eigenvalue weighted by Crippen LogP contribution is 2.25. The third-order valence-corrected chi connectivity index (χ3v) is 2.70. The Morgan fingerprint density at radius 3 is 2.26 bits per heavy atom. The van der Waals surface area contributed by atoms with Crippen LogP contribution in [0.15, 0.2) is 48.5 Å². The van der Waals surface area contributed by atoms with Crippen LogP contribution in [-0.2, 0) is 0 Å². The van der Waals surface area contributed by atoms with Gasteiger partial charge < -0.3 is 4.74 Å². The van der Waals surface area contributed by atoms with E-state index in [0.29, 0.717) is 11.3 Å². The second-order valence-corrected chi connectivity index (χ2v) is 3.80. The molecule has 0 saturated heterocycles. The first-order chi connectivity index (χ1) is 9.15. The lowest BCUT2D eigenvalue weighted by Gasteiger charge is -2.07. The predicted octanol–water partition coefficient (Wildman–Crippen LogP) is 2.83. The number of benzene rings is 2. The van der Waals surface area contributed by atoms with Gasteiger partial charge in [0.15, 0.2) is 0 Å². The summed E-state index contributed by atoms with van der Waals surface area (Å²) in [5, 5.41) is 10.9. The van der Waals surface area contributed by atoms with E-state index in [1.54, 1.807) is 30.3 Å². The van der Waals surface area contributed by atoms with E-state index in [-0.39, 0.29) is 11.3 Å². The summed E-state index contributed by atoms with van der Waals surface area (Å²) >= 11 is 0. The Morgan fingerprint density at radius 2 is 1.63 bits per heavy atom. The maximum Gasteiger partial charge on any atom is 0.280 e. The summed E-state index contributed by atoms with van der Waals surface area (Å²) in [5.74, 6) is -0.0320. The molecular weight excluding hydrogens is 246 g/mol. The molecule has 0 aromatic heterocycles. The quantitative estimate of drug-likeness (QED) is 0.479. The van der Waals surface area contributed by atoms with Crippen molar-refractivity contribution in [1.82, 2.24) is 0 Å². The molecule has 0 radical (unpaired) electrons. The molecule has 0 bridgehead atoms. The van der Waals surface area contributed by atoms with Gasteiger partial charge in [-0.05, 0) is 18.2 Å². The average molecular weight is 257 g/mol. The summed E-state index contributed by atoms with van der Waals surface area (Å²) in [7, 11) is 1.45. The minimum Gasteiger partial charge on any atom is -0.496 e. The van der Waals surface area contributed by atoms with Crippen LogP contribution in [0.5, 0.6) is 5.75 Å². The monoisotopic (exact) mass is 257 g/mol. The highest BCUT2D eigenvalue weighted by Gasteiger charge is 2.22. The molecular formula is C14H11NO4. The molecule has 2 aromatic rings. The fourth-order valence-electron chi connectivity index (χ4n) is 1.80.